The first kappa shape index (κ1) is 17.2. The molecule has 0 amide bonds. The first-order chi connectivity index (χ1) is 9.84. The fourth-order valence-corrected chi connectivity index (χ4v) is 1.78. The van der Waals surface area contributed by atoms with Gasteiger partial charge in [-0.15, -0.1) is 0 Å². The lowest BCUT2D eigenvalue weighted by atomic mass is 10.0. The van der Waals surface area contributed by atoms with Crippen LogP contribution in [0.4, 0.5) is 13.2 Å². The van der Waals surface area contributed by atoms with Gasteiger partial charge in [0.1, 0.15) is 0 Å². The maximum atomic E-state index is 12.4. The Morgan fingerprint density at radius 1 is 1.05 bits per heavy atom. The molecule has 0 aliphatic rings. The molecule has 0 fully saturated rings. The Morgan fingerprint density at radius 3 is 2.14 bits per heavy atom. The smallest absolute Gasteiger partial charge is 0.416 e. The third-order valence-corrected chi connectivity index (χ3v) is 2.87. The first-order valence-electron chi connectivity index (χ1n) is 6.70. The molecule has 1 rings (SSSR count). The van der Waals surface area contributed by atoms with Gasteiger partial charge in [-0.05, 0) is 31.9 Å². The van der Waals surface area contributed by atoms with E-state index in [0.717, 1.165) is 12.1 Å². The predicted octanol–water partition coefficient (Wildman–Crippen LogP) is 4.01. The molecule has 0 unspecified atom stereocenters. The summed E-state index contributed by atoms with van der Waals surface area (Å²) >= 11 is 0. The summed E-state index contributed by atoms with van der Waals surface area (Å²) in [6.07, 6.45) is -2.94. The molecule has 0 bridgehead atoms. The number of hydrogen-bond acceptors (Lipinski definition) is 3. The van der Waals surface area contributed by atoms with Crippen molar-refractivity contribution in [2.24, 2.45) is 0 Å². The Kier molecular flexibility index (Phi) is 6.39. The second-order valence-electron chi connectivity index (χ2n) is 4.51. The fraction of sp³-hybridized carbons (Fsp3) is 0.467. The summed E-state index contributed by atoms with van der Waals surface area (Å²) in [5.74, 6) is -0.535. The molecule has 0 atom stereocenters. The zero-order valence-corrected chi connectivity index (χ0v) is 11.7. The van der Waals surface area contributed by atoms with Crippen LogP contribution in [0.3, 0.4) is 0 Å². The summed E-state index contributed by atoms with van der Waals surface area (Å²) in [6.45, 7) is 2.04. The molecule has 116 valence electrons. The highest BCUT2D eigenvalue weighted by atomic mass is 19.4. The van der Waals surface area contributed by atoms with E-state index in [2.05, 4.69) is 0 Å². The molecule has 0 spiro atoms. The van der Waals surface area contributed by atoms with Crippen molar-refractivity contribution in [3.05, 3.63) is 35.4 Å². The number of carbonyl (C=O) groups excluding carboxylic acids is 2. The van der Waals surface area contributed by atoms with Crippen LogP contribution in [-0.2, 0) is 15.7 Å². The summed E-state index contributed by atoms with van der Waals surface area (Å²) in [5.41, 5.74) is -0.527. The number of Topliss-reactive ketones (excluding diaryl/α,β-unsaturated/α-hetero) is 1. The van der Waals surface area contributed by atoms with Gasteiger partial charge >= 0.3 is 12.1 Å². The number of esters is 1. The van der Waals surface area contributed by atoms with E-state index in [4.69, 9.17) is 4.74 Å². The van der Waals surface area contributed by atoms with E-state index in [9.17, 15) is 22.8 Å². The van der Waals surface area contributed by atoms with Crippen LogP contribution in [0.1, 0.15) is 48.5 Å². The average molecular weight is 302 g/mol. The SMILES string of the molecule is CCOC(=O)CCCCC(=O)c1ccc(C(F)(F)F)cc1. The lowest BCUT2D eigenvalue weighted by molar-refractivity contribution is -0.143. The largest absolute Gasteiger partial charge is 0.466 e. The second-order valence-corrected chi connectivity index (χ2v) is 4.51. The number of hydrogen-bond donors (Lipinski definition) is 0. The van der Waals surface area contributed by atoms with Gasteiger partial charge in [0, 0.05) is 18.4 Å². The van der Waals surface area contributed by atoms with Crippen molar-refractivity contribution in [1.29, 1.82) is 0 Å². The number of halogens is 3. The van der Waals surface area contributed by atoms with Gasteiger partial charge in [0.2, 0.25) is 0 Å². The molecule has 1 aromatic rings. The normalized spacial score (nSPS) is 11.2. The summed E-state index contributed by atoms with van der Waals surface area (Å²) in [6, 6.07) is 4.14. The first-order valence-corrected chi connectivity index (χ1v) is 6.70. The summed E-state index contributed by atoms with van der Waals surface area (Å²) in [4.78, 5) is 22.9. The van der Waals surface area contributed by atoms with Crippen molar-refractivity contribution in [2.75, 3.05) is 6.61 Å². The van der Waals surface area contributed by atoms with Gasteiger partial charge in [0.05, 0.1) is 12.2 Å². The zero-order valence-electron chi connectivity index (χ0n) is 11.7. The van der Waals surface area contributed by atoms with Gasteiger partial charge in [-0.25, -0.2) is 0 Å². The van der Waals surface area contributed by atoms with Crippen molar-refractivity contribution in [3.63, 3.8) is 0 Å². The van der Waals surface area contributed by atoms with Gasteiger partial charge in [-0.1, -0.05) is 12.1 Å². The van der Waals surface area contributed by atoms with Gasteiger partial charge in [0.15, 0.2) is 5.78 Å². The third-order valence-electron chi connectivity index (χ3n) is 2.87. The van der Waals surface area contributed by atoms with E-state index >= 15 is 0 Å². The number of ketones is 1. The molecule has 21 heavy (non-hydrogen) atoms. The van der Waals surface area contributed by atoms with Gasteiger partial charge in [-0.2, -0.15) is 13.2 Å². The molecule has 0 aromatic heterocycles. The Hall–Kier alpha value is -1.85. The van der Waals surface area contributed by atoms with Crippen LogP contribution < -0.4 is 0 Å². The molecule has 0 saturated heterocycles. The fourth-order valence-electron chi connectivity index (χ4n) is 1.78. The van der Waals surface area contributed by atoms with Gasteiger partial charge in [-0.3, -0.25) is 9.59 Å². The van der Waals surface area contributed by atoms with E-state index in [1.165, 1.54) is 12.1 Å². The van der Waals surface area contributed by atoms with E-state index in [-0.39, 0.29) is 30.2 Å². The highest BCUT2D eigenvalue weighted by molar-refractivity contribution is 5.96. The Balaban J connectivity index is 2.41. The quantitative estimate of drug-likeness (QED) is 0.434. The number of unbranched alkanes of at least 4 members (excludes halogenated alkanes) is 1. The van der Waals surface area contributed by atoms with Crippen molar-refractivity contribution in [2.45, 2.75) is 38.8 Å². The number of carbonyl (C=O) groups is 2. The lowest BCUT2D eigenvalue weighted by Crippen LogP contribution is -2.06. The third kappa shape index (κ3) is 5.97. The molecule has 1 aromatic carbocycles. The summed E-state index contributed by atoms with van der Waals surface area (Å²) in [5, 5.41) is 0. The predicted molar refractivity (Wildman–Crippen MR) is 70.9 cm³/mol. The molecule has 3 nitrogen and oxygen atoms in total. The Bertz CT molecular complexity index is 478. The molecule has 0 heterocycles. The number of alkyl halides is 3. The highest BCUT2D eigenvalue weighted by Gasteiger charge is 2.30. The number of ether oxygens (including phenoxy) is 1. The van der Waals surface area contributed by atoms with Gasteiger partial charge < -0.3 is 4.74 Å². The zero-order chi connectivity index (χ0) is 15.9. The van der Waals surface area contributed by atoms with Gasteiger partial charge in [0.25, 0.3) is 0 Å². The molecule has 0 saturated carbocycles. The Morgan fingerprint density at radius 2 is 1.62 bits per heavy atom. The Labute approximate surface area is 121 Å². The maximum Gasteiger partial charge on any atom is 0.416 e. The van der Waals surface area contributed by atoms with Crippen LogP contribution in [0.2, 0.25) is 0 Å². The maximum absolute atomic E-state index is 12.4. The number of benzene rings is 1. The van der Waals surface area contributed by atoms with Crippen LogP contribution in [-0.4, -0.2) is 18.4 Å². The van der Waals surface area contributed by atoms with Crippen LogP contribution in [0, 0.1) is 0 Å². The van der Waals surface area contributed by atoms with Crippen molar-refractivity contribution < 1.29 is 27.5 Å². The van der Waals surface area contributed by atoms with Crippen molar-refractivity contribution >= 4 is 11.8 Å². The molecule has 0 N–H and O–H groups in total. The van der Waals surface area contributed by atoms with Crippen LogP contribution in [0.25, 0.3) is 0 Å². The minimum Gasteiger partial charge on any atom is -0.466 e. The highest BCUT2D eigenvalue weighted by Crippen LogP contribution is 2.29. The molecule has 0 radical (unpaired) electrons. The summed E-state index contributed by atoms with van der Waals surface area (Å²) in [7, 11) is 0. The van der Waals surface area contributed by atoms with Crippen molar-refractivity contribution in [3.8, 4) is 0 Å². The number of rotatable bonds is 7. The molecule has 6 heteroatoms. The molecular formula is C15H17F3O3. The monoisotopic (exact) mass is 302 g/mol. The van der Waals surface area contributed by atoms with Crippen LogP contribution >= 0.6 is 0 Å². The second kappa shape index (κ2) is 7.81. The topological polar surface area (TPSA) is 43.4 Å². The van der Waals surface area contributed by atoms with E-state index in [1.807, 2.05) is 0 Å². The van der Waals surface area contributed by atoms with E-state index in [1.54, 1.807) is 6.92 Å². The van der Waals surface area contributed by atoms with Crippen LogP contribution in [0.5, 0.6) is 0 Å². The van der Waals surface area contributed by atoms with Crippen molar-refractivity contribution in [1.82, 2.24) is 0 Å². The minimum absolute atomic E-state index is 0.199. The van der Waals surface area contributed by atoms with E-state index in [0.29, 0.717) is 19.4 Å². The molecular weight excluding hydrogens is 285 g/mol. The minimum atomic E-state index is -4.40. The molecule has 0 aliphatic carbocycles. The van der Waals surface area contributed by atoms with E-state index < -0.39 is 11.7 Å². The summed E-state index contributed by atoms with van der Waals surface area (Å²) < 4.78 is 41.9. The lowest BCUT2D eigenvalue weighted by Gasteiger charge is -2.07. The average Bonchev–Trinajstić information content (AvgIpc) is 2.43. The molecule has 0 aliphatic heterocycles. The van der Waals surface area contributed by atoms with Crippen LogP contribution in [0.15, 0.2) is 24.3 Å². The standard InChI is InChI=1S/C15H17F3O3/c1-2-21-14(20)6-4-3-5-13(19)11-7-9-12(10-8-11)15(16,17)18/h7-10H,2-6H2,1H3.